The molecule has 0 atom stereocenters. The predicted molar refractivity (Wildman–Crippen MR) is 138 cm³/mol. The second-order valence-corrected chi connectivity index (χ2v) is 7.92. The van der Waals surface area contributed by atoms with E-state index in [1.807, 2.05) is 31.3 Å². The van der Waals surface area contributed by atoms with Gasteiger partial charge in [0.1, 0.15) is 17.8 Å². The van der Waals surface area contributed by atoms with Crippen LogP contribution in [0.15, 0.2) is 79.1 Å². The van der Waals surface area contributed by atoms with Gasteiger partial charge in [-0.05, 0) is 68.4 Å². The van der Waals surface area contributed by atoms with Gasteiger partial charge in [0.2, 0.25) is 6.41 Å². The van der Waals surface area contributed by atoms with E-state index >= 15 is 0 Å². The maximum Gasteiger partial charge on any atom is 0.573 e. The fourth-order valence-corrected chi connectivity index (χ4v) is 3.44. The monoisotopic (exact) mass is 527 g/mol. The largest absolute Gasteiger partial charge is 0.573 e. The summed E-state index contributed by atoms with van der Waals surface area (Å²) in [6, 6.07) is 20.7. The lowest BCUT2D eigenvalue weighted by atomic mass is 10.1. The van der Waals surface area contributed by atoms with Crippen LogP contribution in [0.4, 0.5) is 18.9 Å². The van der Waals surface area contributed by atoms with Gasteiger partial charge in [0, 0.05) is 5.56 Å². The molecule has 1 amide bonds. The van der Waals surface area contributed by atoms with Crippen molar-refractivity contribution in [2.75, 3.05) is 26.0 Å². The van der Waals surface area contributed by atoms with Crippen molar-refractivity contribution in [2.24, 2.45) is 0 Å². The van der Waals surface area contributed by atoms with Gasteiger partial charge >= 0.3 is 6.36 Å². The molecular formula is C27H28F3N5O3. The minimum absolute atomic E-state index is 0.277. The average molecular weight is 528 g/mol. The summed E-state index contributed by atoms with van der Waals surface area (Å²) in [7, 11) is 3.49. The molecule has 0 aliphatic carbocycles. The van der Waals surface area contributed by atoms with E-state index in [4.69, 9.17) is 4.74 Å². The Morgan fingerprint density at radius 3 is 2.34 bits per heavy atom. The highest BCUT2D eigenvalue weighted by Crippen LogP contribution is 2.24. The highest BCUT2D eigenvalue weighted by molar-refractivity contribution is 5.75. The van der Waals surface area contributed by atoms with Crippen LogP contribution in [0.3, 0.4) is 0 Å². The van der Waals surface area contributed by atoms with Crippen LogP contribution in [0.5, 0.6) is 11.5 Å². The predicted octanol–water partition coefficient (Wildman–Crippen LogP) is 5.25. The van der Waals surface area contributed by atoms with Crippen LogP contribution in [0.1, 0.15) is 12.0 Å². The number of aromatic nitrogens is 3. The van der Waals surface area contributed by atoms with E-state index in [0.29, 0.717) is 29.4 Å². The lowest BCUT2D eigenvalue weighted by Crippen LogP contribution is -2.17. The number of halogens is 3. The van der Waals surface area contributed by atoms with Crippen molar-refractivity contribution >= 4 is 12.1 Å². The molecule has 0 spiro atoms. The molecule has 1 aromatic heterocycles. The van der Waals surface area contributed by atoms with Crippen LogP contribution in [-0.4, -0.2) is 48.2 Å². The van der Waals surface area contributed by atoms with Crippen molar-refractivity contribution in [3.63, 3.8) is 0 Å². The second-order valence-electron chi connectivity index (χ2n) is 7.92. The van der Waals surface area contributed by atoms with E-state index in [2.05, 4.69) is 37.6 Å². The molecule has 0 saturated heterocycles. The summed E-state index contributed by atoms with van der Waals surface area (Å²) in [5.41, 5.74) is 3.40. The number of hydrogen-bond acceptors (Lipinski definition) is 6. The van der Waals surface area contributed by atoms with Gasteiger partial charge in [0.05, 0.1) is 18.5 Å². The van der Waals surface area contributed by atoms with Gasteiger partial charge in [-0.25, -0.2) is 9.67 Å². The van der Waals surface area contributed by atoms with Crippen LogP contribution < -0.4 is 20.1 Å². The van der Waals surface area contributed by atoms with Crippen molar-refractivity contribution < 1.29 is 27.4 Å². The maximum atomic E-state index is 12.2. The Balaban J connectivity index is 0.000000304. The number of alkyl halides is 3. The number of benzene rings is 3. The highest BCUT2D eigenvalue weighted by Gasteiger charge is 2.31. The molecule has 8 nitrogen and oxygen atoms in total. The molecule has 1 heterocycles. The Bertz CT molecular complexity index is 1280. The third kappa shape index (κ3) is 8.63. The van der Waals surface area contributed by atoms with E-state index in [-0.39, 0.29) is 5.75 Å². The lowest BCUT2D eigenvalue weighted by molar-refractivity contribution is -0.274. The molecule has 0 fully saturated rings. The number of para-hydroxylation sites is 2. The Morgan fingerprint density at radius 2 is 1.71 bits per heavy atom. The molecule has 11 heteroatoms. The van der Waals surface area contributed by atoms with Gasteiger partial charge in [-0.1, -0.05) is 36.4 Å². The smallest absolute Gasteiger partial charge is 0.495 e. The minimum Gasteiger partial charge on any atom is -0.495 e. The Morgan fingerprint density at radius 1 is 1.00 bits per heavy atom. The molecule has 0 saturated carbocycles. The Hall–Kier alpha value is -4.38. The topological polar surface area (TPSA) is 90.3 Å². The minimum atomic E-state index is -4.71. The van der Waals surface area contributed by atoms with Crippen LogP contribution in [0.25, 0.3) is 17.1 Å². The molecule has 200 valence electrons. The number of aryl methyl sites for hydroxylation is 1. The molecule has 0 radical (unpaired) electrons. The third-order valence-electron chi connectivity index (χ3n) is 5.25. The molecular weight excluding hydrogens is 499 g/mol. The standard InChI is InChI=1S/C19H19F3N4O.C8H9NO2/c1-23-12-2-3-14-4-6-15(7-5-14)18-24-13-26(25-18)16-8-10-17(11-9-16)27-19(20,21)22;1-11-8-5-3-2-4-7(8)9-6-10/h4-11,13,23H,2-3,12H2,1H3;2-6H,1H3,(H,9,10). The number of hydrogen-bond donors (Lipinski definition) is 2. The summed E-state index contributed by atoms with van der Waals surface area (Å²) in [6.45, 7) is 0.973. The number of amides is 1. The summed E-state index contributed by atoms with van der Waals surface area (Å²) < 4.78 is 47.0. The molecule has 0 aliphatic rings. The third-order valence-corrected chi connectivity index (χ3v) is 5.25. The summed E-state index contributed by atoms with van der Waals surface area (Å²) in [5, 5.41) is 10.0. The molecule has 0 aliphatic heterocycles. The molecule has 38 heavy (non-hydrogen) atoms. The number of nitrogens with zero attached hydrogens (tertiary/aromatic N) is 3. The van der Waals surface area contributed by atoms with E-state index < -0.39 is 6.36 Å². The summed E-state index contributed by atoms with van der Waals surface area (Å²) in [6.07, 6.45) is -0.499. The Labute approximate surface area is 218 Å². The van der Waals surface area contributed by atoms with Gasteiger partial charge < -0.3 is 20.1 Å². The van der Waals surface area contributed by atoms with Crippen molar-refractivity contribution in [2.45, 2.75) is 19.2 Å². The maximum absolute atomic E-state index is 12.2. The number of rotatable bonds is 10. The quantitative estimate of drug-likeness (QED) is 0.216. The average Bonchev–Trinajstić information content (AvgIpc) is 3.40. The van der Waals surface area contributed by atoms with Gasteiger partial charge in [-0.2, -0.15) is 0 Å². The van der Waals surface area contributed by atoms with Gasteiger partial charge in [-0.3, -0.25) is 4.79 Å². The number of methoxy groups -OCH3 is 1. The number of carbonyl (C=O) groups is 1. The van der Waals surface area contributed by atoms with Crippen LogP contribution in [0, 0.1) is 0 Å². The van der Waals surface area contributed by atoms with Gasteiger partial charge in [0.25, 0.3) is 0 Å². The van der Waals surface area contributed by atoms with Gasteiger partial charge in [-0.15, -0.1) is 18.3 Å². The number of ether oxygens (including phenoxy) is 2. The zero-order valence-corrected chi connectivity index (χ0v) is 20.9. The van der Waals surface area contributed by atoms with E-state index in [0.717, 1.165) is 24.9 Å². The van der Waals surface area contributed by atoms with Gasteiger partial charge in [0.15, 0.2) is 5.82 Å². The van der Waals surface area contributed by atoms with Crippen LogP contribution >= 0.6 is 0 Å². The first-order chi connectivity index (χ1) is 18.3. The SMILES string of the molecule is CNCCCc1ccc(-c2ncn(-c3ccc(OC(F)(F)F)cc3)n2)cc1.COc1ccccc1NC=O. The first-order valence-electron chi connectivity index (χ1n) is 11.7. The van der Waals surface area contributed by atoms with Crippen molar-refractivity contribution in [3.8, 4) is 28.6 Å². The Kier molecular flexibility index (Phi) is 10.2. The first kappa shape index (κ1) is 28.2. The van der Waals surface area contributed by atoms with Crippen molar-refractivity contribution in [3.05, 3.63) is 84.7 Å². The zero-order chi connectivity index (χ0) is 27.4. The molecule has 4 aromatic rings. The summed E-state index contributed by atoms with van der Waals surface area (Å²) in [5.74, 6) is 0.937. The second kappa shape index (κ2) is 13.8. The highest BCUT2D eigenvalue weighted by atomic mass is 19.4. The van der Waals surface area contributed by atoms with E-state index in [1.54, 1.807) is 19.2 Å². The van der Waals surface area contributed by atoms with Crippen molar-refractivity contribution in [1.82, 2.24) is 20.1 Å². The van der Waals surface area contributed by atoms with Crippen molar-refractivity contribution in [1.29, 1.82) is 0 Å². The number of nitrogens with one attached hydrogen (secondary N) is 2. The van der Waals surface area contributed by atoms with Crippen LogP contribution in [0.2, 0.25) is 0 Å². The van der Waals surface area contributed by atoms with Crippen LogP contribution in [-0.2, 0) is 11.2 Å². The molecule has 3 aromatic carbocycles. The zero-order valence-electron chi connectivity index (χ0n) is 20.9. The van der Waals surface area contributed by atoms with E-state index in [9.17, 15) is 18.0 Å². The molecule has 0 bridgehead atoms. The summed E-state index contributed by atoms with van der Waals surface area (Å²) in [4.78, 5) is 14.4. The summed E-state index contributed by atoms with van der Waals surface area (Å²) >= 11 is 0. The molecule has 4 rings (SSSR count). The fraction of sp³-hybridized carbons (Fsp3) is 0.222. The number of carbonyl (C=O) groups excluding carboxylic acids is 1. The number of anilines is 1. The first-order valence-corrected chi connectivity index (χ1v) is 11.7. The lowest BCUT2D eigenvalue weighted by Gasteiger charge is -2.09. The normalized spacial score (nSPS) is 10.8. The fourth-order valence-electron chi connectivity index (χ4n) is 3.44. The molecule has 2 N–H and O–H groups in total. The molecule has 0 unspecified atom stereocenters. The van der Waals surface area contributed by atoms with E-state index in [1.165, 1.54) is 40.8 Å².